The van der Waals surface area contributed by atoms with E-state index in [1.54, 1.807) is 31.0 Å². The number of fused-ring (bicyclic) bond motifs is 3. The lowest BCUT2D eigenvalue weighted by Gasteiger charge is -2.29. The van der Waals surface area contributed by atoms with Gasteiger partial charge in [-0.15, -0.1) is 0 Å². The SMILES string of the molecule is CC(C)(COCC(=O)N1CCc2c(n(Cc3ccc(Cl)c(F)c3)c3ncccc23)C1)C(=O)O. The maximum Gasteiger partial charge on any atom is 0.311 e. The molecular formula is C24H25ClFN3O4. The van der Waals surface area contributed by atoms with E-state index in [1.165, 1.54) is 12.1 Å². The van der Waals surface area contributed by atoms with Crippen LogP contribution in [0.4, 0.5) is 4.39 Å². The van der Waals surface area contributed by atoms with Crippen molar-refractivity contribution in [3.63, 3.8) is 0 Å². The van der Waals surface area contributed by atoms with Crippen molar-refractivity contribution in [3.05, 3.63) is 64.2 Å². The average Bonchev–Trinajstić information content (AvgIpc) is 3.09. The highest BCUT2D eigenvalue weighted by atomic mass is 35.5. The third-order valence-electron chi connectivity index (χ3n) is 5.96. The number of hydrogen-bond acceptors (Lipinski definition) is 4. The van der Waals surface area contributed by atoms with Crippen molar-refractivity contribution >= 4 is 34.5 Å². The summed E-state index contributed by atoms with van der Waals surface area (Å²) in [5.74, 6) is -1.66. The molecule has 0 saturated carbocycles. The Kier molecular flexibility index (Phi) is 6.41. The number of carbonyl (C=O) groups is 2. The van der Waals surface area contributed by atoms with Crippen molar-refractivity contribution in [2.24, 2.45) is 5.41 Å². The van der Waals surface area contributed by atoms with Crippen molar-refractivity contribution in [2.75, 3.05) is 19.8 Å². The van der Waals surface area contributed by atoms with Crippen LogP contribution in [-0.2, 0) is 33.8 Å². The molecule has 1 aliphatic heterocycles. The van der Waals surface area contributed by atoms with Crippen LogP contribution in [0.2, 0.25) is 5.02 Å². The molecule has 0 spiro atoms. The molecule has 0 saturated heterocycles. The molecule has 9 heteroatoms. The van der Waals surface area contributed by atoms with E-state index in [2.05, 4.69) is 4.98 Å². The molecule has 3 heterocycles. The van der Waals surface area contributed by atoms with Gasteiger partial charge >= 0.3 is 5.97 Å². The molecule has 33 heavy (non-hydrogen) atoms. The second kappa shape index (κ2) is 9.11. The van der Waals surface area contributed by atoms with E-state index in [4.69, 9.17) is 16.3 Å². The molecule has 1 aromatic carbocycles. The fourth-order valence-corrected chi connectivity index (χ4v) is 4.13. The number of aliphatic carboxylic acids is 1. The predicted octanol–water partition coefficient (Wildman–Crippen LogP) is 3.89. The van der Waals surface area contributed by atoms with Gasteiger partial charge in [0, 0.05) is 30.4 Å². The van der Waals surface area contributed by atoms with E-state index in [0.717, 1.165) is 27.9 Å². The average molecular weight is 474 g/mol. The van der Waals surface area contributed by atoms with Crippen molar-refractivity contribution in [1.29, 1.82) is 0 Å². The molecule has 0 bridgehead atoms. The van der Waals surface area contributed by atoms with Gasteiger partial charge in [-0.05, 0) is 55.7 Å². The molecule has 3 aromatic rings. The number of amides is 1. The summed E-state index contributed by atoms with van der Waals surface area (Å²) in [6.45, 7) is 4.15. The number of carboxylic acids is 1. The van der Waals surface area contributed by atoms with Crippen LogP contribution in [0.3, 0.4) is 0 Å². The summed E-state index contributed by atoms with van der Waals surface area (Å²) in [7, 11) is 0. The zero-order valence-corrected chi connectivity index (χ0v) is 19.2. The molecule has 1 aliphatic rings. The number of ether oxygens (including phenoxy) is 1. The molecule has 1 amide bonds. The standard InChI is InChI=1S/C24H25ClFN3O4/c1-24(2,23(31)32)14-33-13-21(30)28-9-7-16-17-4-3-8-27-22(17)29(20(16)12-28)11-15-5-6-18(25)19(26)10-15/h3-6,8,10H,7,9,11-14H2,1-2H3,(H,31,32). The lowest BCUT2D eigenvalue weighted by Crippen LogP contribution is -2.40. The molecule has 4 rings (SSSR count). The van der Waals surface area contributed by atoms with Gasteiger partial charge in [0.25, 0.3) is 0 Å². The molecule has 0 fully saturated rings. The van der Waals surface area contributed by atoms with Crippen LogP contribution >= 0.6 is 11.6 Å². The number of benzene rings is 1. The van der Waals surface area contributed by atoms with E-state index in [-0.39, 0.29) is 24.1 Å². The molecule has 7 nitrogen and oxygen atoms in total. The predicted molar refractivity (Wildman–Crippen MR) is 122 cm³/mol. The Morgan fingerprint density at radius 1 is 1.30 bits per heavy atom. The van der Waals surface area contributed by atoms with E-state index < -0.39 is 17.2 Å². The fraction of sp³-hybridized carbons (Fsp3) is 0.375. The number of aromatic nitrogens is 2. The summed E-state index contributed by atoms with van der Waals surface area (Å²) in [4.78, 5) is 30.3. The summed E-state index contributed by atoms with van der Waals surface area (Å²) in [6, 6.07) is 8.60. The van der Waals surface area contributed by atoms with E-state index in [9.17, 15) is 19.1 Å². The zero-order valence-electron chi connectivity index (χ0n) is 18.5. The van der Waals surface area contributed by atoms with Crippen LogP contribution in [0.15, 0.2) is 36.5 Å². The van der Waals surface area contributed by atoms with Gasteiger partial charge in [-0.25, -0.2) is 9.37 Å². The number of pyridine rings is 1. The monoisotopic (exact) mass is 473 g/mol. The third-order valence-corrected chi connectivity index (χ3v) is 6.27. The minimum atomic E-state index is -1.07. The fourth-order valence-electron chi connectivity index (χ4n) is 4.01. The van der Waals surface area contributed by atoms with Crippen molar-refractivity contribution < 1.29 is 23.8 Å². The molecule has 0 radical (unpaired) electrons. The quantitative estimate of drug-likeness (QED) is 0.562. The summed E-state index contributed by atoms with van der Waals surface area (Å²) in [6.07, 6.45) is 2.37. The van der Waals surface area contributed by atoms with Crippen LogP contribution in [0.25, 0.3) is 11.0 Å². The maximum atomic E-state index is 14.0. The summed E-state index contributed by atoms with van der Waals surface area (Å²) < 4.78 is 21.5. The zero-order chi connectivity index (χ0) is 23.8. The van der Waals surface area contributed by atoms with Gasteiger partial charge < -0.3 is 19.3 Å². The Labute approximate surface area is 195 Å². The van der Waals surface area contributed by atoms with E-state index in [1.807, 2.05) is 16.7 Å². The Morgan fingerprint density at radius 3 is 2.82 bits per heavy atom. The molecule has 2 aromatic heterocycles. The molecular weight excluding hydrogens is 449 g/mol. The number of hydrogen-bond donors (Lipinski definition) is 1. The first-order valence-corrected chi connectivity index (χ1v) is 11.0. The smallest absolute Gasteiger partial charge is 0.311 e. The molecule has 0 atom stereocenters. The lowest BCUT2D eigenvalue weighted by molar-refractivity contribution is -0.153. The second-order valence-electron chi connectivity index (χ2n) is 8.88. The highest BCUT2D eigenvalue weighted by Gasteiger charge is 2.30. The van der Waals surface area contributed by atoms with Crippen molar-refractivity contribution in [3.8, 4) is 0 Å². The minimum absolute atomic E-state index is 0.0561. The van der Waals surface area contributed by atoms with Gasteiger partial charge in [0.2, 0.25) is 5.91 Å². The van der Waals surface area contributed by atoms with Gasteiger partial charge in [-0.1, -0.05) is 17.7 Å². The highest BCUT2D eigenvalue weighted by molar-refractivity contribution is 6.30. The molecule has 0 unspecified atom stereocenters. The normalized spacial score (nSPS) is 13.9. The van der Waals surface area contributed by atoms with E-state index >= 15 is 0 Å². The molecule has 174 valence electrons. The summed E-state index contributed by atoms with van der Waals surface area (Å²) >= 11 is 5.83. The Morgan fingerprint density at radius 2 is 2.09 bits per heavy atom. The largest absolute Gasteiger partial charge is 0.481 e. The highest BCUT2D eigenvalue weighted by Crippen LogP contribution is 2.31. The number of carboxylic acid groups (broad SMARTS) is 1. The van der Waals surface area contributed by atoms with Crippen LogP contribution in [0.5, 0.6) is 0 Å². The second-order valence-corrected chi connectivity index (χ2v) is 9.29. The van der Waals surface area contributed by atoms with Crippen LogP contribution in [-0.4, -0.2) is 51.2 Å². The van der Waals surface area contributed by atoms with E-state index in [0.29, 0.717) is 26.1 Å². The molecule has 1 N–H and O–H groups in total. The number of nitrogens with zero attached hydrogens (tertiary/aromatic N) is 3. The first-order chi connectivity index (χ1) is 15.7. The van der Waals surface area contributed by atoms with Gasteiger partial charge in [0.05, 0.1) is 23.6 Å². The summed E-state index contributed by atoms with van der Waals surface area (Å²) in [5, 5.41) is 10.3. The maximum absolute atomic E-state index is 14.0. The van der Waals surface area contributed by atoms with Gasteiger partial charge in [-0.2, -0.15) is 0 Å². The lowest BCUT2D eigenvalue weighted by atomic mass is 9.95. The topological polar surface area (TPSA) is 84.7 Å². The van der Waals surface area contributed by atoms with Gasteiger partial charge in [-0.3, -0.25) is 9.59 Å². The Bertz CT molecular complexity index is 1220. The first-order valence-electron chi connectivity index (χ1n) is 10.6. The first kappa shape index (κ1) is 23.2. The Balaban J connectivity index is 1.56. The minimum Gasteiger partial charge on any atom is -0.481 e. The number of rotatable bonds is 7. The number of halogens is 2. The Hall–Kier alpha value is -2.97. The van der Waals surface area contributed by atoms with Crippen molar-refractivity contribution in [1.82, 2.24) is 14.5 Å². The van der Waals surface area contributed by atoms with Gasteiger partial charge in [0.15, 0.2) is 0 Å². The van der Waals surface area contributed by atoms with Crippen molar-refractivity contribution in [2.45, 2.75) is 33.4 Å². The van der Waals surface area contributed by atoms with Gasteiger partial charge in [0.1, 0.15) is 18.1 Å². The van der Waals surface area contributed by atoms with Crippen LogP contribution < -0.4 is 0 Å². The molecule has 0 aliphatic carbocycles. The summed E-state index contributed by atoms with van der Waals surface area (Å²) in [5.41, 5.74) is 2.53. The third kappa shape index (κ3) is 4.72. The van der Waals surface area contributed by atoms with Crippen LogP contribution in [0.1, 0.15) is 30.7 Å². The number of carbonyl (C=O) groups excluding carboxylic acids is 1. The van der Waals surface area contributed by atoms with Crippen LogP contribution in [0, 0.1) is 11.2 Å².